The number of rotatable bonds is 2. The summed E-state index contributed by atoms with van der Waals surface area (Å²) >= 11 is 1.73. The molecule has 0 amide bonds. The van der Waals surface area contributed by atoms with Crippen LogP contribution in [0, 0.1) is 0 Å². The largest absolute Gasteiger partial charge is 0.494 e. The van der Waals surface area contributed by atoms with E-state index in [-0.39, 0.29) is 18.3 Å². The van der Waals surface area contributed by atoms with Gasteiger partial charge >= 0.3 is 7.12 Å². The van der Waals surface area contributed by atoms with Crippen LogP contribution >= 0.6 is 11.8 Å². The van der Waals surface area contributed by atoms with E-state index in [1.807, 2.05) is 6.07 Å². The zero-order valence-corrected chi connectivity index (χ0v) is 11.9. The quantitative estimate of drug-likeness (QED) is 0.594. The van der Waals surface area contributed by atoms with E-state index < -0.39 is 0 Å². The third kappa shape index (κ3) is 2.39. The summed E-state index contributed by atoms with van der Waals surface area (Å²) in [5.74, 6) is 0. The fraction of sp³-hybridized carbons (Fsp3) is 0.538. The summed E-state index contributed by atoms with van der Waals surface area (Å²) in [6.07, 6.45) is 2.07. The highest BCUT2D eigenvalue weighted by Gasteiger charge is 2.51. The first-order valence-corrected chi connectivity index (χ1v) is 7.08. The number of benzene rings is 1. The van der Waals surface area contributed by atoms with E-state index in [0.29, 0.717) is 0 Å². The van der Waals surface area contributed by atoms with Crippen molar-refractivity contribution in [3.05, 3.63) is 24.3 Å². The Hall–Kier alpha value is -0.445. The van der Waals surface area contributed by atoms with Crippen LogP contribution in [0.25, 0.3) is 0 Å². The van der Waals surface area contributed by atoms with Gasteiger partial charge in [0.05, 0.1) is 11.2 Å². The van der Waals surface area contributed by atoms with Gasteiger partial charge in [-0.3, -0.25) is 0 Å². The molecule has 0 atom stereocenters. The Morgan fingerprint density at radius 1 is 1.06 bits per heavy atom. The molecule has 0 spiro atoms. The van der Waals surface area contributed by atoms with Crippen molar-refractivity contribution in [1.82, 2.24) is 0 Å². The Morgan fingerprint density at radius 3 is 2.18 bits per heavy atom. The third-order valence-corrected chi connectivity index (χ3v) is 4.34. The van der Waals surface area contributed by atoms with Crippen LogP contribution < -0.4 is 5.46 Å². The lowest BCUT2D eigenvalue weighted by Crippen LogP contribution is -2.41. The average molecular weight is 250 g/mol. The van der Waals surface area contributed by atoms with E-state index in [1.54, 1.807) is 11.8 Å². The molecule has 1 fully saturated rings. The van der Waals surface area contributed by atoms with Crippen LogP contribution in [-0.2, 0) is 9.31 Å². The van der Waals surface area contributed by atoms with E-state index in [9.17, 15) is 0 Å². The molecule has 1 aromatic carbocycles. The summed E-state index contributed by atoms with van der Waals surface area (Å²) < 4.78 is 12.0. The number of hydrogen-bond acceptors (Lipinski definition) is 3. The Kier molecular flexibility index (Phi) is 3.32. The van der Waals surface area contributed by atoms with Crippen LogP contribution in [0.3, 0.4) is 0 Å². The van der Waals surface area contributed by atoms with Gasteiger partial charge in [0.15, 0.2) is 0 Å². The predicted octanol–water partition coefficient (Wildman–Crippen LogP) is 2.71. The summed E-state index contributed by atoms with van der Waals surface area (Å²) in [6.45, 7) is 8.30. The van der Waals surface area contributed by atoms with Gasteiger partial charge in [-0.1, -0.05) is 12.1 Å². The molecule has 1 heterocycles. The van der Waals surface area contributed by atoms with Crippen molar-refractivity contribution in [2.75, 3.05) is 6.26 Å². The molecule has 2 rings (SSSR count). The molecule has 2 nitrogen and oxygen atoms in total. The van der Waals surface area contributed by atoms with Crippen LogP contribution in [0.15, 0.2) is 29.2 Å². The maximum atomic E-state index is 6.02. The van der Waals surface area contributed by atoms with Crippen LogP contribution in [0.2, 0.25) is 0 Å². The molecule has 1 saturated heterocycles. The first-order chi connectivity index (χ1) is 7.86. The Balaban J connectivity index is 2.25. The summed E-state index contributed by atoms with van der Waals surface area (Å²) in [7, 11) is -0.257. The van der Waals surface area contributed by atoms with Crippen molar-refractivity contribution in [1.29, 1.82) is 0 Å². The lowest BCUT2D eigenvalue weighted by Gasteiger charge is -2.32. The van der Waals surface area contributed by atoms with Gasteiger partial charge < -0.3 is 9.31 Å². The van der Waals surface area contributed by atoms with Gasteiger partial charge in [-0.05, 0) is 51.5 Å². The minimum absolute atomic E-state index is 0.257. The first-order valence-electron chi connectivity index (χ1n) is 5.85. The molecule has 0 aromatic heterocycles. The van der Waals surface area contributed by atoms with Crippen LogP contribution in [0.5, 0.6) is 0 Å². The second-order valence-electron chi connectivity index (χ2n) is 5.36. The molecular formula is C13H19BO2S. The fourth-order valence-corrected chi connectivity index (χ4v) is 2.24. The Labute approximate surface area is 108 Å². The van der Waals surface area contributed by atoms with Crippen molar-refractivity contribution < 1.29 is 9.31 Å². The molecule has 0 N–H and O–H groups in total. The summed E-state index contributed by atoms with van der Waals surface area (Å²) in [6, 6.07) is 8.33. The number of hydrogen-bond donors (Lipinski definition) is 0. The molecule has 0 bridgehead atoms. The number of thioether (sulfide) groups is 1. The van der Waals surface area contributed by atoms with E-state index in [0.717, 1.165) is 5.46 Å². The summed E-state index contributed by atoms with van der Waals surface area (Å²) in [4.78, 5) is 1.23. The highest BCUT2D eigenvalue weighted by Crippen LogP contribution is 2.36. The van der Waals surface area contributed by atoms with E-state index in [4.69, 9.17) is 9.31 Å². The average Bonchev–Trinajstić information content (AvgIpc) is 2.48. The topological polar surface area (TPSA) is 18.5 Å². The summed E-state index contributed by atoms with van der Waals surface area (Å²) in [5, 5.41) is 0. The minimum Gasteiger partial charge on any atom is -0.399 e. The minimum atomic E-state index is -0.271. The Morgan fingerprint density at radius 2 is 1.65 bits per heavy atom. The monoisotopic (exact) mass is 250 g/mol. The van der Waals surface area contributed by atoms with Crippen molar-refractivity contribution in [2.24, 2.45) is 0 Å². The first kappa shape index (κ1) is 13.0. The molecule has 0 radical (unpaired) electrons. The van der Waals surface area contributed by atoms with Gasteiger partial charge in [0, 0.05) is 4.90 Å². The maximum absolute atomic E-state index is 6.02. The molecule has 17 heavy (non-hydrogen) atoms. The zero-order valence-electron chi connectivity index (χ0n) is 11.1. The molecular weight excluding hydrogens is 231 g/mol. The summed E-state index contributed by atoms with van der Waals surface area (Å²) in [5.41, 5.74) is 0.551. The van der Waals surface area contributed by atoms with Crippen LogP contribution in [-0.4, -0.2) is 24.6 Å². The lowest BCUT2D eigenvalue weighted by atomic mass is 9.79. The molecule has 4 heteroatoms. The zero-order chi connectivity index (χ0) is 12.7. The van der Waals surface area contributed by atoms with Gasteiger partial charge in [0.25, 0.3) is 0 Å². The van der Waals surface area contributed by atoms with Crippen LogP contribution in [0.1, 0.15) is 27.7 Å². The molecule has 0 saturated carbocycles. The highest BCUT2D eigenvalue weighted by atomic mass is 32.2. The highest BCUT2D eigenvalue weighted by molar-refractivity contribution is 7.98. The van der Waals surface area contributed by atoms with Gasteiger partial charge in [-0.2, -0.15) is 0 Å². The van der Waals surface area contributed by atoms with Crippen molar-refractivity contribution >= 4 is 24.3 Å². The standard InChI is InChI=1S/C13H19BO2S/c1-12(2)13(3,4)16-14(15-12)10-7-6-8-11(9-10)17-5/h6-9H,1-5H3. The molecule has 1 aliphatic heterocycles. The van der Waals surface area contributed by atoms with Gasteiger partial charge in [-0.25, -0.2) is 0 Å². The smallest absolute Gasteiger partial charge is 0.399 e. The lowest BCUT2D eigenvalue weighted by molar-refractivity contribution is 0.00578. The third-order valence-electron chi connectivity index (χ3n) is 3.62. The second kappa shape index (κ2) is 4.34. The molecule has 1 aromatic rings. The van der Waals surface area contributed by atoms with Gasteiger partial charge in [-0.15, -0.1) is 11.8 Å². The molecule has 0 unspecified atom stereocenters. The van der Waals surface area contributed by atoms with E-state index in [1.165, 1.54) is 4.90 Å². The maximum Gasteiger partial charge on any atom is 0.494 e. The van der Waals surface area contributed by atoms with Gasteiger partial charge in [0.1, 0.15) is 0 Å². The van der Waals surface area contributed by atoms with Crippen molar-refractivity contribution in [2.45, 2.75) is 43.8 Å². The molecule has 0 aliphatic carbocycles. The van der Waals surface area contributed by atoms with Crippen LogP contribution in [0.4, 0.5) is 0 Å². The normalized spacial score (nSPS) is 21.8. The fourth-order valence-electron chi connectivity index (χ4n) is 1.77. The van der Waals surface area contributed by atoms with E-state index >= 15 is 0 Å². The van der Waals surface area contributed by atoms with Crippen molar-refractivity contribution in [3.8, 4) is 0 Å². The molecule has 92 valence electrons. The van der Waals surface area contributed by atoms with Crippen molar-refractivity contribution in [3.63, 3.8) is 0 Å². The SMILES string of the molecule is CSc1cccc(B2OC(C)(C)C(C)(C)O2)c1. The predicted molar refractivity (Wildman–Crippen MR) is 73.9 cm³/mol. The van der Waals surface area contributed by atoms with Gasteiger partial charge in [0.2, 0.25) is 0 Å². The molecule has 1 aliphatic rings. The second-order valence-corrected chi connectivity index (χ2v) is 6.24. The van der Waals surface area contributed by atoms with E-state index in [2.05, 4.69) is 52.1 Å². The Bertz CT molecular complexity index is 402.